The van der Waals surface area contributed by atoms with E-state index in [0.717, 1.165) is 36.1 Å². The first-order valence-corrected chi connectivity index (χ1v) is 8.32. The summed E-state index contributed by atoms with van der Waals surface area (Å²) in [4.78, 5) is 20.7. The van der Waals surface area contributed by atoms with Crippen molar-refractivity contribution in [1.82, 2.24) is 19.7 Å². The van der Waals surface area contributed by atoms with Crippen molar-refractivity contribution in [1.29, 1.82) is 0 Å². The fourth-order valence-corrected chi connectivity index (χ4v) is 3.23. The van der Waals surface area contributed by atoms with Gasteiger partial charge in [-0.25, -0.2) is 0 Å². The molecule has 7 heteroatoms. The van der Waals surface area contributed by atoms with Crippen LogP contribution < -0.4 is 4.90 Å². The maximum atomic E-state index is 12.6. The Morgan fingerprint density at radius 3 is 2.78 bits per heavy atom. The Kier molecular flexibility index (Phi) is 4.28. The smallest absolute Gasteiger partial charge is 0.257 e. The second kappa shape index (κ2) is 6.70. The number of aromatic nitrogens is 3. The van der Waals surface area contributed by atoms with E-state index in [9.17, 15) is 4.79 Å². The van der Waals surface area contributed by atoms with E-state index in [1.807, 2.05) is 6.20 Å². The van der Waals surface area contributed by atoms with Crippen LogP contribution in [0.5, 0.6) is 0 Å². The Labute approximate surface area is 145 Å². The first kappa shape index (κ1) is 14.7. The maximum absolute atomic E-state index is 12.6. The van der Waals surface area contributed by atoms with Crippen molar-refractivity contribution in [3.63, 3.8) is 0 Å². The molecule has 0 aliphatic carbocycles. The number of nitrogens with zero attached hydrogens (tertiary/aromatic N) is 5. The Balaban J connectivity index is 1.65. The molecule has 23 heavy (non-hydrogen) atoms. The predicted molar refractivity (Wildman–Crippen MR) is 92.5 cm³/mol. The zero-order valence-electron chi connectivity index (χ0n) is 14.0. The Morgan fingerprint density at radius 1 is 1.39 bits per heavy atom. The largest absolute Gasteiger partial charge is 0.370 e. The maximum Gasteiger partial charge on any atom is 0.257 e. The second-order valence-corrected chi connectivity index (χ2v) is 6.67. The van der Waals surface area contributed by atoms with Crippen LogP contribution in [0.2, 0.25) is 0 Å². The zero-order chi connectivity index (χ0) is 17.1. The molecule has 0 bridgehead atoms. The van der Waals surface area contributed by atoms with E-state index in [0.29, 0.717) is 5.56 Å². The van der Waals surface area contributed by atoms with E-state index in [2.05, 4.69) is 37.0 Å². The molecule has 0 radical (unpaired) electrons. The molecule has 6 nitrogen and oxygen atoms in total. The van der Waals surface area contributed by atoms with Gasteiger partial charge in [0.25, 0.3) is 5.91 Å². The Morgan fingerprint density at radius 2 is 2.17 bits per heavy atom. The van der Waals surface area contributed by atoms with E-state index in [1.165, 1.54) is 0 Å². The van der Waals surface area contributed by atoms with Crippen molar-refractivity contribution in [2.24, 2.45) is 7.05 Å². The van der Waals surface area contributed by atoms with Crippen molar-refractivity contribution in [3.05, 3.63) is 40.9 Å². The van der Waals surface area contributed by atoms with Gasteiger partial charge >= 0.3 is 0 Å². The number of hydrogen-bond acceptors (Lipinski definition) is 4. The van der Waals surface area contributed by atoms with Crippen LogP contribution in [0.1, 0.15) is 24.6 Å². The molecular formula is C16H20BrN5O. The number of pyridine rings is 1. The third-order valence-corrected chi connectivity index (χ3v) is 4.61. The van der Waals surface area contributed by atoms with Crippen molar-refractivity contribution in [2.75, 3.05) is 25.0 Å². The molecule has 0 aromatic carbocycles. The predicted octanol–water partition coefficient (Wildman–Crippen LogP) is 2.32. The van der Waals surface area contributed by atoms with Gasteiger partial charge in [-0.15, -0.1) is 0 Å². The average Bonchev–Trinajstić information content (AvgIpc) is 3.02. The first-order valence-electron chi connectivity index (χ1n) is 8.23. The minimum Gasteiger partial charge on any atom is -0.370 e. The average molecular weight is 379 g/mol. The molecule has 0 spiro atoms. The zero-order valence-corrected chi connectivity index (χ0v) is 14.6. The second-order valence-electron chi connectivity index (χ2n) is 5.76. The normalized spacial score (nSPS) is 16.3. The topological polar surface area (TPSA) is 54.3 Å². The van der Waals surface area contributed by atoms with Crippen molar-refractivity contribution >= 4 is 27.5 Å². The van der Waals surface area contributed by atoms with Crippen molar-refractivity contribution in [2.45, 2.75) is 18.9 Å². The minimum atomic E-state index is -0.110. The molecule has 1 fully saturated rings. The molecule has 1 amide bonds. The number of halogens is 1. The third kappa shape index (κ3) is 3.55. The lowest BCUT2D eigenvalue weighted by Crippen LogP contribution is -2.45. The quantitative estimate of drug-likeness (QED) is 0.822. The Bertz CT molecular complexity index is 714. The molecule has 1 aliphatic heterocycles. The number of hydrogen-bond donors (Lipinski definition) is 0. The molecule has 1 saturated heterocycles. The van der Waals surface area contributed by atoms with E-state index < -0.39 is 0 Å². The summed E-state index contributed by atoms with van der Waals surface area (Å²) < 4.78 is 10.3. The van der Waals surface area contributed by atoms with Gasteiger partial charge in [-0.1, -0.05) is 0 Å². The molecule has 122 valence electrons. The molecule has 0 N–H and O–H groups in total. The van der Waals surface area contributed by atoms with Gasteiger partial charge in [0.1, 0.15) is 0 Å². The van der Waals surface area contributed by atoms with Gasteiger partial charge < -0.3 is 9.80 Å². The van der Waals surface area contributed by atoms with E-state index in [-0.39, 0.29) is 19.0 Å². The summed E-state index contributed by atoms with van der Waals surface area (Å²) in [6.07, 6.45) is 8.58. The van der Waals surface area contributed by atoms with Crippen molar-refractivity contribution < 1.29 is 6.17 Å². The highest BCUT2D eigenvalue weighted by atomic mass is 79.9. The van der Waals surface area contributed by atoms with Crippen LogP contribution in [0.4, 0.5) is 5.69 Å². The number of rotatable bonds is 3. The van der Waals surface area contributed by atoms with Gasteiger partial charge in [0.05, 0.1) is 23.6 Å². The lowest BCUT2D eigenvalue weighted by molar-refractivity contribution is 0.0709. The number of carbonyl (C=O) groups excluding carboxylic acids is 1. The molecular weight excluding hydrogens is 358 g/mol. The number of aryl methyl sites for hydroxylation is 1. The van der Waals surface area contributed by atoms with Gasteiger partial charge in [0.15, 0.2) is 0 Å². The SMILES string of the molecule is [2H]CN(C(=O)c1cnn(C)c1)C1CCN(c2cncc(Br)c2)CC1. The summed E-state index contributed by atoms with van der Waals surface area (Å²) >= 11 is 3.45. The van der Waals surface area contributed by atoms with Crippen LogP contribution >= 0.6 is 15.9 Å². The van der Waals surface area contributed by atoms with Gasteiger partial charge in [-0.2, -0.15) is 5.10 Å². The fraction of sp³-hybridized carbons (Fsp3) is 0.438. The monoisotopic (exact) mass is 378 g/mol. The third-order valence-electron chi connectivity index (χ3n) is 4.17. The van der Waals surface area contributed by atoms with E-state index in [1.54, 1.807) is 35.2 Å². The molecule has 3 rings (SSSR count). The fourth-order valence-electron chi connectivity index (χ4n) is 2.87. The molecule has 2 aromatic rings. The van der Waals surface area contributed by atoms with Crippen LogP contribution in [-0.2, 0) is 7.05 Å². The summed E-state index contributed by atoms with van der Waals surface area (Å²) in [5.74, 6) is -0.110. The van der Waals surface area contributed by atoms with Crippen LogP contribution in [-0.4, -0.2) is 51.7 Å². The first-order chi connectivity index (χ1) is 11.6. The summed E-state index contributed by atoms with van der Waals surface area (Å²) in [7, 11) is 1.75. The highest BCUT2D eigenvalue weighted by molar-refractivity contribution is 9.10. The van der Waals surface area contributed by atoms with Gasteiger partial charge in [-0.3, -0.25) is 14.5 Å². The highest BCUT2D eigenvalue weighted by Gasteiger charge is 2.26. The van der Waals surface area contributed by atoms with Crippen LogP contribution in [0.3, 0.4) is 0 Å². The molecule has 0 saturated carbocycles. The standard InChI is InChI=1S/C16H20BrN5O/c1-20-11-12(8-19-20)16(23)21(2)14-3-5-22(6-4-14)15-7-13(17)9-18-10-15/h7-11,14H,3-6H2,1-2H3/i2D. The summed E-state index contributed by atoms with van der Waals surface area (Å²) in [6.45, 7) is 1.69. The molecule has 2 aromatic heterocycles. The number of anilines is 1. The number of piperidine rings is 1. The van der Waals surface area contributed by atoms with Gasteiger partial charge in [0, 0.05) is 51.4 Å². The minimum absolute atomic E-state index is 0.0309. The summed E-state index contributed by atoms with van der Waals surface area (Å²) in [5, 5.41) is 4.05. The van der Waals surface area contributed by atoms with Crippen LogP contribution in [0, 0.1) is 0 Å². The summed E-state index contributed by atoms with van der Waals surface area (Å²) in [5.41, 5.74) is 1.63. The van der Waals surface area contributed by atoms with Crippen molar-refractivity contribution in [3.8, 4) is 0 Å². The van der Waals surface area contributed by atoms with Crippen LogP contribution in [0.25, 0.3) is 0 Å². The summed E-state index contributed by atoms with van der Waals surface area (Å²) in [6, 6.07) is 2.14. The van der Waals surface area contributed by atoms with E-state index >= 15 is 0 Å². The number of carbonyl (C=O) groups is 1. The molecule has 0 atom stereocenters. The lowest BCUT2D eigenvalue weighted by Gasteiger charge is -2.37. The van der Waals surface area contributed by atoms with E-state index in [4.69, 9.17) is 1.37 Å². The number of amides is 1. The van der Waals surface area contributed by atoms with Crippen LogP contribution in [0.15, 0.2) is 35.3 Å². The Hall–Kier alpha value is -1.89. The van der Waals surface area contributed by atoms with Gasteiger partial charge in [-0.05, 0) is 34.8 Å². The molecule has 3 heterocycles. The molecule has 0 unspecified atom stereocenters. The lowest BCUT2D eigenvalue weighted by atomic mass is 10.0. The van der Waals surface area contributed by atoms with Gasteiger partial charge in [0.2, 0.25) is 0 Å². The highest BCUT2D eigenvalue weighted by Crippen LogP contribution is 2.24. The molecule has 1 aliphatic rings.